The molecule has 1 atom stereocenters. The molecular formula is C24H20N2O4. The summed E-state index contributed by atoms with van der Waals surface area (Å²) >= 11 is 0. The molecular weight excluding hydrogens is 380 g/mol. The van der Waals surface area contributed by atoms with Crippen LogP contribution < -0.4 is 10.1 Å². The second-order valence-corrected chi connectivity index (χ2v) is 6.45. The van der Waals surface area contributed by atoms with Crippen molar-refractivity contribution >= 4 is 11.9 Å². The molecule has 6 heteroatoms. The predicted octanol–water partition coefficient (Wildman–Crippen LogP) is 3.63. The highest BCUT2D eigenvalue weighted by atomic mass is 16.5. The van der Waals surface area contributed by atoms with Crippen LogP contribution in [0.3, 0.4) is 0 Å². The number of benzene rings is 3. The van der Waals surface area contributed by atoms with Crippen LogP contribution in [0.4, 0.5) is 0 Å². The van der Waals surface area contributed by atoms with Crippen LogP contribution in [0, 0.1) is 11.3 Å². The lowest BCUT2D eigenvalue weighted by Gasteiger charge is -2.20. The zero-order valence-corrected chi connectivity index (χ0v) is 16.4. The van der Waals surface area contributed by atoms with Crippen LogP contribution >= 0.6 is 0 Å². The van der Waals surface area contributed by atoms with E-state index in [9.17, 15) is 9.59 Å². The average molecular weight is 400 g/mol. The van der Waals surface area contributed by atoms with E-state index in [2.05, 4.69) is 5.32 Å². The van der Waals surface area contributed by atoms with E-state index in [4.69, 9.17) is 14.7 Å². The summed E-state index contributed by atoms with van der Waals surface area (Å²) in [6.45, 7) is -0.435. The fraction of sp³-hybridized carbons (Fsp3) is 0.125. The molecule has 0 spiro atoms. The van der Waals surface area contributed by atoms with Crippen molar-refractivity contribution in [2.24, 2.45) is 0 Å². The van der Waals surface area contributed by atoms with Gasteiger partial charge in [-0.05, 0) is 41.5 Å². The van der Waals surface area contributed by atoms with Gasteiger partial charge >= 0.3 is 5.97 Å². The van der Waals surface area contributed by atoms with Crippen LogP contribution in [0.2, 0.25) is 0 Å². The van der Waals surface area contributed by atoms with Crippen molar-refractivity contribution in [1.82, 2.24) is 5.32 Å². The third-order valence-electron chi connectivity index (χ3n) is 4.45. The number of rotatable bonds is 7. The van der Waals surface area contributed by atoms with Gasteiger partial charge in [-0.3, -0.25) is 4.79 Å². The third-order valence-corrected chi connectivity index (χ3v) is 4.45. The number of hydrogen-bond acceptors (Lipinski definition) is 5. The number of nitrogens with zero attached hydrogens (tertiary/aromatic N) is 1. The average Bonchev–Trinajstić information content (AvgIpc) is 2.81. The molecule has 1 N–H and O–H groups in total. The maximum Gasteiger partial charge on any atom is 0.338 e. The normalized spacial score (nSPS) is 11.1. The second-order valence-electron chi connectivity index (χ2n) is 6.45. The van der Waals surface area contributed by atoms with Crippen molar-refractivity contribution in [3.05, 3.63) is 101 Å². The van der Waals surface area contributed by atoms with Crippen molar-refractivity contribution in [2.75, 3.05) is 13.7 Å². The van der Waals surface area contributed by atoms with Gasteiger partial charge in [0.2, 0.25) is 0 Å². The smallest absolute Gasteiger partial charge is 0.338 e. The summed E-state index contributed by atoms with van der Waals surface area (Å²) in [6.07, 6.45) is 0. The van der Waals surface area contributed by atoms with Gasteiger partial charge < -0.3 is 14.8 Å². The summed E-state index contributed by atoms with van der Waals surface area (Å²) in [5.41, 5.74) is 2.32. The van der Waals surface area contributed by atoms with Gasteiger partial charge in [0.1, 0.15) is 5.75 Å². The first-order valence-corrected chi connectivity index (χ1v) is 9.26. The maximum atomic E-state index is 12.5. The van der Waals surface area contributed by atoms with Gasteiger partial charge in [-0.2, -0.15) is 5.26 Å². The molecule has 0 fully saturated rings. The number of carbonyl (C=O) groups is 2. The molecule has 0 aliphatic rings. The molecule has 150 valence electrons. The van der Waals surface area contributed by atoms with Gasteiger partial charge in [0.25, 0.3) is 5.91 Å². The lowest BCUT2D eigenvalue weighted by Crippen LogP contribution is -2.33. The molecule has 1 amide bonds. The van der Waals surface area contributed by atoms with Crippen molar-refractivity contribution in [1.29, 1.82) is 5.26 Å². The molecule has 30 heavy (non-hydrogen) atoms. The van der Waals surface area contributed by atoms with Gasteiger partial charge in [-0.1, -0.05) is 48.5 Å². The van der Waals surface area contributed by atoms with Gasteiger partial charge in [0, 0.05) is 0 Å². The molecule has 3 aromatic carbocycles. The Morgan fingerprint density at radius 3 is 2.33 bits per heavy atom. The summed E-state index contributed by atoms with van der Waals surface area (Å²) in [5.74, 6) is -0.391. The Labute approximate surface area is 174 Å². The zero-order chi connectivity index (χ0) is 21.3. The Morgan fingerprint density at radius 2 is 1.67 bits per heavy atom. The van der Waals surface area contributed by atoms with E-state index in [1.165, 1.54) is 12.1 Å². The second kappa shape index (κ2) is 9.89. The third kappa shape index (κ3) is 5.24. The van der Waals surface area contributed by atoms with Crippen molar-refractivity contribution in [3.8, 4) is 11.8 Å². The molecule has 0 heterocycles. The summed E-state index contributed by atoms with van der Waals surface area (Å²) in [5, 5.41) is 11.8. The Bertz CT molecular complexity index is 1060. The first-order chi connectivity index (χ1) is 14.6. The number of hydrogen-bond donors (Lipinski definition) is 1. The number of methoxy groups -OCH3 is 1. The topological polar surface area (TPSA) is 88.4 Å². The number of nitriles is 1. The molecule has 0 bridgehead atoms. The van der Waals surface area contributed by atoms with Crippen molar-refractivity contribution in [3.63, 3.8) is 0 Å². The Balaban J connectivity index is 1.70. The predicted molar refractivity (Wildman–Crippen MR) is 111 cm³/mol. The molecule has 0 aliphatic heterocycles. The molecule has 0 aliphatic carbocycles. The van der Waals surface area contributed by atoms with Crippen LogP contribution in [-0.2, 0) is 9.53 Å². The molecule has 3 rings (SSSR count). The highest BCUT2D eigenvalue weighted by Crippen LogP contribution is 2.24. The maximum absolute atomic E-state index is 12.5. The number of ether oxygens (including phenoxy) is 2. The Hall–Kier alpha value is -4.11. The minimum Gasteiger partial charge on any atom is -0.497 e. The summed E-state index contributed by atoms with van der Waals surface area (Å²) in [7, 11) is 1.59. The van der Waals surface area contributed by atoms with Crippen LogP contribution in [-0.4, -0.2) is 25.6 Å². The Morgan fingerprint density at radius 1 is 0.967 bits per heavy atom. The SMILES string of the molecule is COc1ccc([C@@H](NC(=O)COC(=O)c2cccc(C#N)c2)c2ccccc2)cc1. The fourth-order valence-electron chi connectivity index (χ4n) is 2.93. The van der Waals surface area contributed by atoms with Crippen LogP contribution in [0.25, 0.3) is 0 Å². The molecule has 0 aromatic heterocycles. The Kier molecular flexibility index (Phi) is 6.80. The largest absolute Gasteiger partial charge is 0.497 e. The number of carbonyl (C=O) groups excluding carboxylic acids is 2. The monoisotopic (exact) mass is 400 g/mol. The molecule has 0 radical (unpaired) electrons. The minimum atomic E-state index is -0.664. The number of nitrogens with one attached hydrogen (secondary N) is 1. The number of amides is 1. The van der Waals surface area contributed by atoms with E-state index < -0.39 is 24.5 Å². The van der Waals surface area contributed by atoms with Crippen LogP contribution in [0.1, 0.15) is 33.1 Å². The molecule has 0 unspecified atom stereocenters. The standard InChI is InChI=1S/C24H20N2O4/c1-29-21-12-10-19(11-13-21)23(18-7-3-2-4-8-18)26-22(27)16-30-24(28)20-9-5-6-17(14-20)15-25/h2-14,23H,16H2,1H3,(H,26,27)/t23-/m0/s1. The highest BCUT2D eigenvalue weighted by Gasteiger charge is 2.18. The first kappa shape index (κ1) is 20.6. The molecule has 0 saturated heterocycles. The molecule has 6 nitrogen and oxygen atoms in total. The summed E-state index contributed by atoms with van der Waals surface area (Å²) < 4.78 is 10.3. The first-order valence-electron chi connectivity index (χ1n) is 9.26. The van der Waals surface area contributed by atoms with Crippen molar-refractivity contribution < 1.29 is 19.1 Å². The highest BCUT2D eigenvalue weighted by molar-refractivity contribution is 5.91. The van der Waals surface area contributed by atoms with Gasteiger partial charge in [-0.25, -0.2) is 4.79 Å². The van der Waals surface area contributed by atoms with E-state index in [-0.39, 0.29) is 5.56 Å². The lowest BCUT2D eigenvalue weighted by molar-refractivity contribution is -0.124. The van der Waals surface area contributed by atoms with E-state index in [0.717, 1.165) is 11.1 Å². The van der Waals surface area contributed by atoms with Crippen LogP contribution in [0.15, 0.2) is 78.9 Å². The summed E-state index contributed by atoms with van der Waals surface area (Å²) in [6, 6.07) is 24.6. The van der Waals surface area contributed by atoms with Gasteiger partial charge in [0.05, 0.1) is 30.3 Å². The molecule has 0 saturated carbocycles. The van der Waals surface area contributed by atoms with Crippen LogP contribution in [0.5, 0.6) is 5.75 Å². The van der Waals surface area contributed by atoms with Crippen molar-refractivity contribution in [2.45, 2.75) is 6.04 Å². The fourth-order valence-corrected chi connectivity index (χ4v) is 2.93. The van der Waals surface area contributed by atoms with E-state index in [1.807, 2.05) is 60.7 Å². The zero-order valence-electron chi connectivity index (χ0n) is 16.4. The summed E-state index contributed by atoms with van der Waals surface area (Å²) in [4.78, 5) is 24.7. The quantitative estimate of drug-likeness (QED) is 0.612. The molecule has 3 aromatic rings. The van der Waals surface area contributed by atoms with Gasteiger partial charge in [-0.15, -0.1) is 0 Å². The minimum absolute atomic E-state index is 0.219. The van der Waals surface area contributed by atoms with E-state index >= 15 is 0 Å². The van der Waals surface area contributed by atoms with E-state index in [1.54, 1.807) is 19.2 Å². The number of esters is 1. The lowest BCUT2D eigenvalue weighted by atomic mass is 9.98. The van der Waals surface area contributed by atoms with E-state index in [0.29, 0.717) is 11.3 Å². The van der Waals surface area contributed by atoms with Gasteiger partial charge in [0.15, 0.2) is 6.61 Å².